The summed E-state index contributed by atoms with van der Waals surface area (Å²) in [6.07, 6.45) is -0.192. The molecule has 0 spiro atoms. The summed E-state index contributed by atoms with van der Waals surface area (Å²) >= 11 is 0. The fraction of sp³-hybridized carbons (Fsp3) is 1.00. The maximum absolute atomic E-state index is 9.60. The van der Waals surface area contributed by atoms with Crippen molar-refractivity contribution in [3.63, 3.8) is 0 Å². The molecule has 70 valence electrons. The molecule has 2 fully saturated rings. The summed E-state index contributed by atoms with van der Waals surface area (Å²) < 4.78 is 5.25. The lowest BCUT2D eigenvalue weighted by Crippen LogP contribution is -2.48. The number of hydrogen-bond donors (Lipinski definition) is 2. The molecule has 0 saturated carbocycles. The van der Waals surface area contributed by atoms with Crippen LogP contribution in [0, 0.1) is 0 Å². The monoisotopic (exact) mass is 172 g/mol. The number of aliphatic hydroxyl groups is 1. The van der Waals surface area contributed by atoms with Crippen LogP contribution in [0.5, 0.6) is 0 Å². The second-order valence-corrected chi connectivity index (χ2v) is 3.44. The summed E-state index contributed by atoms with van der Waals surface area (Å²) in [5.74, 6) is 0. The van der Waals surface area contributed by atoms with Crippen molar-refractivity contribution in [2.24, 2.45) is 0 Å². The molecule has 2 rings (SSSR count). The predicted molar refractivity (Wildman–Crippen MR) is 45.1 cm³/mol. The Morgan fingerprint density at radius 1 is 1.25 bits per heavy atom. The summed E-state index contributed by atoms with van der Waals surface area (Å²) in [5, 5.41) is 12.8. The van der Waals surface area contributed by atoms with Gasteiger partial charge < -0.3 is 15.2 Å². The van der Waals surface area contributed by atoms with E-state index in [-0.39, 0.29) is 6.10 Å². The fourth-order valence-electron chi connectivity index (χ4n) is 1.93. The summed E-state index contributed by atoms with van der Waals surface area (Å²) in [6, 6.07) is 0.314. The molecule has 2 heterocycles. The Morgan fingerprint density at radius 2 is 2.00 bits per heavy atom. The van der Waals surface area contributed by atoms with Gasteiger partial charge >= 0.3 is 0 Å². The molecule has 0 aromatic carbocycles. The van der Waals surface area contributed by atoms with Crippen molar-refractivity contribution in [3.05, 3.63) is 0 Å². The quantitative estimate of drug-likeness (QED) is 0.513. The van der Waals surface area contributed by atoms with Crippen LogP contribution in [0.25, 0.3) is 0 Å². The normalized spacial score (nSPS) is 38.8. The number of nitrogens with one attached hydrogen (secondary N) is 1. The van der Waals surface area contributed by atoms with Gasteiger partial charge in [-0.25, -0.2) is 0 Å². The van der Waals surface area contributed by atoms with Crippen molar-refractivity contribution in [3.8, 4) is 0 Å². The SMILES string of the molecule is O[C@H]1CNC[C@H]1N1CCOCC1. The van der Waals surface area contributed by atoms with Crippen molar-refractivity contribution in [1.29, 1.82) is 0 Å². The molecule has 0 unspecified atom stereocenters. The summed E-state index contributed by atoms with van der Waals surface area (Å²) in [4.78, 5) is 2.31. The van der Waals surface area contributed by atoms with Gasteiger partial charge in [-0.15, -0.1) is 0 Å². The van der Waals surface area contributed by atoms with E-state index in [0.29, 0.717) is 6.04 Å². The van der Waals surface area contributed by atoms with Gasteiger partial charge in [0.2, 0.25) is 0 Å². The zero-order valence-electron chi connectivity index (χ0n) is 7.20. The van der Waals surface area contributed by atoms with E-state index in [9.17, 15) is 5.11 Å². The Balaban J connectivity index is 1.89. The number of β-amino-alcohol motifs (C(OH)–C–C–N with tert-alkyl or cyclic N) is 1. The first-order valence-electron chi connectivity index (χ1n) is 4.58. The van der Waals surface area contributed by atoms with E-state index < -0.39 is 0 Å². The Morgan fingerprint density at radius 3 is 2.58 bits per heavy atom. The van der Waals surface area contributed by atoms with E-state index in [1.165, 1.54) is 0 Å². The van der Waals surface area contributed by atoms with Gasteiger partial charge in [-0.3, -0.25) is 4.90 Å². The fourth-order valence-corrected chi connectivity index (χ4v) is 1.93. The average molecular weight is 172 g/mol. The molecule has 2 atom stereocenters. The number of nitrogens with zero attached hydrogens (tertiary/aromatic N) is 1. The molecule has 4 nitrogen and oxygen atoms in total. The number of morpholine rings is 1. The number of ether oxygens (including phenoxy) is 1. The van der Waals surface area contributed by atoms with Crippen molar-refractivity contribution in [1.82, 2.24) is 10.2 Å². The predicted octanol–water partition coefficient (Wildman–Crippen LogP) is -1.35. The highest BCUT2D eigenvalue weighted by Crippen LogP contribution is 2.10. The molecule has 0 amide bonds. The zero-order valence-corrected chi connectivity index (χ0v) is 7.20. The van der Waals surface area contributed by atoms with Gasteiger partial charge in [-0.1, -0.05) is 0 Å². The molecule has 2 saturated heterocycles. The van der Waals surface area contributed by atoms with Crippen LogP contribution < -0.4 is 5.32 Å². The lowest BCUT2D eigenvalue weighted by molar-refractivity contribution is -0.00592. The molecule has 0 aliphatic carbocycles. The van der Waals surface area contributed by atoms with Crippen LogP contribution >= 0.6 is 0 Å². The van der Waals surface area contributed by atoms with Gasteiger partial charge in [0.1, 0.15) is 0 Å². The van der Waals surface area contributed by atoms with Crippen LogP contribution in [0.1, 0.15) is 0 Å². The van der Waals surface area contributed by atoms with Gasteiger partial charge in [0, 0.05) is 32.2 Å². The summed E-state index contributed by atoms with van der Waals surface area (Å²) in [5.41, 5.74) is 0. The Hall–Kier alpha value is -0.160. The van der Waals surface area contributed by atoms with Gasteiger partial charge in [-0.05, 0) is 0 Å². The third-order valence-corrected chi connectivity index (χ3v) is 2.67. The lowest BCUT2D eigenvalue weighted by Gasteiger charge is -2.33. The standard InChI is InChI=1S/C8H16N2O2/c11-8-6-9-5-7(8)10-1-3-12-4-2-10/h7-9,11H,1-6H2/t7-,8+/m1/s1. The molecule has 0 bridgehead atoms. The van der Waals surface area contributed by atoms with Crippen molar-refractivity contribution >= 4 is 0 Å². The first-order valence-corrected chi connectivity index (χ1v) is 4.58. The van der Waals surface area contributed by atoms with Crippen molar-refractivity contribution in [2.75, 3.05) is 39.4 Å². The minimum atomic E-state index is -0.192. The molecule has 0 aromatic rings. The minimum absolute atomic E-state index is 0.192. The second-order valence-electron chi connectivity index (χ2n) is 3.44. The molecular formula is C8H16N2O2. The topological polar surface area (TPSA) is 44.7 Å². The van der Waals surface area contributed by atoms with Gasteiger partial charge in [0.05, 0.1) is 19.3 Å². The molecule has 12 heavy (non-hydrogen) atoms. The van der Waals surface area contributed by atoms with Gasteiger partial charge in [-0.2, -0.15) is 0 Å². The molecule has 0 aromatic heterocycles. The number of rotatable bonds is 1. The minimum Gasteiger partial charge on any atom is -0.390 e. The second kappa shape index (κ2) is 3.70. The number of hydrogen-bond acceptors (Lipinski definition) is 4. The van der Waals surface area contributed by atoms with Gasteiger partial charge in [0.25, 0.3) is 0 Å². The van der Waals surface area contributed by atoms with Crippen LogP contribution in [0.4, 0.5) is 0 Å². The third-order valence-electron chi connectivity index (χ3n) is 2.67. The van der Waals surface area contributed by atoms with Crippen molar-refractivity contribution < 1.29 is 9.84 Å². The van der Waals surface area contributed by atoms with Crippen LogP contribution in [-0.4, -0.2) is 61.5 Å². The highest BCUT2D eigenvalue weighted by atomic mass is 16.5. The summed E-state index contributed by atoms with van der Waals surface area (Å²) in [6.45, 7) is 5.20. The molecular weight excluding hydrogens is 156 g/mol. The lowest BCUT2D eigenvalue weighted by atomic mass is 10.2. The van der Waals surface area contributed by atoms with E-state index in [1.807, 2.05) is 0 Å². The van der Waals surface area contributed by atoms with Crippen LogP contribution in [0.15, 0.2) is 0 Å². The summed E-state index contributed by atoms with van der Waals surface area (Å²) in [7, 11) is 0. The van der Waals surface area contributed by atoms with E-state index in [0.717, 1.165) is 39.4 Å². The first-order chi connectivity index (χ1) is 5.88. The Labute approximate surface area is 72.5 Å². The maximum atomic E-state index is 9.60. The average Bonchev–Trinajstić information content (AvgIpc) is 2.53. The molecule has 2 aliphatic rings. The van der Waals surface area contributed by atoms with Crippen LogP contribution in [0.2, 0.25) is 0 Å². The third kappa shape index (κ3) is 1.61. The van der Waals surface area contributed by atoms with Crippen molar-refractivity contribution in [2.45, 2.75) is 12.1 Å². The van der Waals surface area contributed by atoms with E-state index in [2.05, 4.69) is 10.2 Å². The van der Waals surface area contributed by atoms with E-state index in [4.69, 9.17) is 4.74 Å². The van der Waals surface area contributed by atoms with Gasteiger partial charge in [0.15, 0.2) is 0 Å². The zero-order chi connectivity index (χ0) is 8.39. The Bertz CT molecular complexity index is 148. The molecule has 0 radical (unpaired) electrons. The molecule has 2 aliphatic heterocycles. The Kier molecular flexibility index (Phi) is 2.60. The molecule has 4 heteroatoms. The van der Waals surface area contributed by atoms with E-state index >= 15 is 0 Å². The largest absolute Gasteiger partial charge is 0.390 e. The highest BCUT2D eigenvalue weighted by Gasteiger charge is 2.30. The first kappa shape index (κ1) is 8.44. The maximum Gasteiger partial charge on any atom is 0.0831 e. The smallest absolute Gasteiger partial charge is 0.0831 e. The number of aliphatic hydroxyl groups excluding tert-OH is 1. The highest BCUT2D eigenvalue weighted by molar-refractivity contribution is 4.89. The van der Waals surface area contributed by atoms with E-state index in [1.54, 1.807) is 0 Å². The molecule has 2 N–H and O–H groups in total. The van der Waals surface area contributed by atoms with Crippen LogP contribution in [0.3, 0.4) is 0 Å². The van der Waals surface area contributed by atoms with Crippen LogP contribution in [-0.2, 0) is 4.74 Å².